The van der Waals surface area contributed by atoms with Crippen LogP contribution in [-0.2, 0) is 10.0 Å². The Morgan fingerprint density at radius 2 is 1.43 bits per heavy atom. The molecule has 3 rings (SSSR count). The largest absolute Gasteiger partial charge is 0.497 e. The molecule has 3 aromatic rings. The van der Waals surface area contributed by atoms with Gasteiger partial charge >= 0.3 is 0 Å². The molecule has 0 amide bonds. The smallest absolute Gasteiger partial charge is 0.268 e. The minimum absolute atomic E-state index is 0.0463. The van der Waals surface area contributed by atoms with E-state index < -0.39 is 10.0 Å². The van der Waals surface area contributed by atoms with Crippen LogP contribution in [0.1, 0.15) is 10.4 Å². The molecule has 0 radical (unpaired) electrons. The van der Waals surface area contributed by atoms with Crippen LogP contribution in [0.15, 0.2) is 53.6 Å². The molecule has 0 spiro atoms. The summed E-state index contributed by atoms with van der Waals surface area (Å²) >= 11 is 0. The Hall–Kier alpha value is -3.46. The number of carbonyl (C=O) groups excluding carboxylic acids is 1. The lowest BCUT2D eigenvalue weighted by Crippen LogP contribution is -2.13. The molecule has 158 valence electrons. The van der Waals surface area contributed by atoms with E-state index in [2.05, 4.69) is 0 Å². The van der Waals surface area contributed by atoms with E-state index in [0.29, 0.717) is 34.8 Å². The van der Waals surface area contributed by atoms with Crippen LogP contribution in [0.2, 0.25) is 0 Å². The van der Waals surface area contributed by atoms with Crippen LogP contribution in [-0.4, -0.2) is 47.1 Å². The first-order chi connectivity index (χ1) is 14.4. The molecule has 0 bridgehead atoms. The van der Waals surface area contributed by atoms with Crippen LogP contribution in [0.3, 0.4) is 0 Å². The minimum atomic E-state index is -4.00. The summed E-state index contributed by atoms with van der Waals surface area (Å²) in [6.45, 7) is 0. The predicted octanol–water partition coefficient (Wildman–Crippen LogP) is 3.24. The molecular weight excluding hydrogens is 410 g/mol. The van der Waals surface area contributed by atoms with Gasteiger partial charge < -0.3 is 18.9 Å². The maximum Gasteiger partial charge on any atom is 0.268 e. The topological polar surface area (TPSA) is 93.1 Å². The first kappa shape index (κ1) is 21.3. The number of methoxy groups -OCH3 is 4. The highest BCUT2D eigenvalue weighted by atomic mass is 32.2. The number of hydrogen-bond acceptors (Lipinski definition) is 7. The number of ether oxygens (including phenoxy) is 4. The average Bonchev–Trinajstić information content (AvgIpc) is 3.23. The predicted molar refractivity (Wildman–Crippen MR) is 110 cm³/mol. The van der Waals surface area contributed by atoms with E-state index >= 15 is 0 Å². The lowest BCUT2D eigenvalue weighted by atomic mass is 10.1. The summed E-state index contributed by atoms with van der Waals surface area (Å²) in [7, 11) is 1.90. The number of nitrogens with zero attached hydrogens (tertiary/aromatic N) is 1. The zero-order valence-electron chi connectivity index (χ0n) is 16.9. The molecule has 8 nitrogen and oxygen atoms in total. The van der Waals surface area contributed by atoms with Gasteiger partial charge in [-0.3, -0.25) is 4.79 Å². The second-order valence-electron chi connectivity index (χ2n) is 6.17. The van der Waals surface area contributed by atoms with Crippen LogP contribution >= 0.6 is 0 Å². The standard InChI is InChI=1S/C21H21NO7S/c1-26-16-5-7-17(8-6-16)30(24,25)22-12-14(13-23)9-18(22)15-10-19(27-2)21(29-4)20(11-15)28-3/h5-13H,1-4H3. The Morgan fingerprint density at radius 1 is 0.833 bits per heavy atom. The highest BCUT2D eigenvalue weighted by molar-refractivity contribution is 7.90. The maximum atomic E-state index is 13.3. The first-order valence-corrected chi connectivity index (χ1v) is 10.2. The summed E-state index contributed by atoms with van der Waals surface area (Å²) in [5, 5.41) is 0. The first-order valence-electron chi connectivity index (χ1n) is 8.77. The van der Waals surface area contributed by atoms with Crippen molar-refractivity contribution in [3.63, 3.8) is 0 Å². The quantitative estimate of drug-likeness (QED) is 0.506. The van der Waals surface area contributed by atoms with Gasteiger partial charge in [-0.25, -0.2) is 12.4 Å². The lowest BCUT2D eigenvalue weighted by molar-refractivity contribution is 0.112. The monoisotopic (exact) mass is 431 g/mol. The molecule has 30 heavy (non-hydrogen) atoms. The van der Waals surface area contributed by atoms with Gasteiger partial charge in [-0.05, 0) is 42.5 Å². The van der Waals surface area contributed by atoms with Gasteiger partial charge in [0.1, 0.15) is 5.75 Å². The molecule has 9 heteroatoms. The van der Waals surface area contributed by atoms with Crippen molar-refractivity contribution in [3.8, 4) is 34.3 Å². The van der Waals surface area contributed by atoms with E-state index in [-0.39, 0.29) is 16.2 Å². The molecule has 1 heterocycles. The van der Waals surface area contributed by atoms with Gasteiger partial charge in [0.15, 0.2) is 17.8 Å². The zero-order valence-corrected chi connectivity index (χ0v) is 17.7. The Labute approximate surface area is 174 Å². The van der Waals surface area contributed by atoms with E-state index in [9.17, 15) is 13.2 Å². The van der Waals surface area contributed by atoms with Crippen LogP contribution in [0, 0.1) is 0 Å². The summed E-state index contributed by atoms with van der Waals surface area (Å²) in [5.41, 5.74) is 0.942. The van der Waals surface area contributed by atoms with Crippen molar-refractivity contribution in [1.82, 2.24) is 3.97 Å². The van der Waals surface area contributed by atoms with Crippen LogP contribution in [0.5, 0.6) is 23.0 Å². The SMILES string of the molecule is COc1ccc(S(=O)(=O)n2cc(C=O)cc2-c2cc(OC)c(OC)c(OC)c2)cc1. The van der Waals surface area contributed by atoms with Crippen LogP contribution < -0.4 is 18.9 Å². The number of aldehydes is 1. The molecule has 0 unspecified atom stereocenters. The van der Waals surface area contributed by atoms with E-state index in [4.69, 9.17) is 18.9 Å². The highest BCUT2D eigenvalue weighted by Gasteiger charge is 2.24. The maximum absolute atomic E-state index is 13.3. The van der Waals surface area contributed by atoms with Gasteiger partial charge in [0.25, 0.3) is 10.0 Å². The van der Waals surface area contributed by atoms with Crippen molar-refractivity contribution >= 4 is 16.3 Å². The van der Waals surface area contributed by atoms with Gasteiger partial charge in [0.05, 0.1) is 39.0 Å². The fourth-order valence-corrected chi connectivity index (χ4v) is 4.41. The summed E-state index contributed by atoms with van der Waals surface area (Å²) < 4.78 is 48.8. The third kappa shape index (κ3) is 3.71. The fourth-order valence-electron chi connectivity index (χ4n) is 3.03. The second kappa shape index (κ2) is 8.50. The normalized spacial score (nSPS) is 11.1. The molecule has 0 aliphatic heterocycles. The summed E-state index contributed by atoms with van der Waals surface area (Å²) in [6, 6.07) is 10.7. The molecule has 0 saturated heterocycles. The van der Waals surface area contributed by atoms with Gasteiger partial charge in [-0.1, -0.05) is 0 Å². The van der Waals surface area contributed by atoms with Gasteiger partial charge in [0, 0.05) is 17.3 Å². The Morgan fingerprint density at radius 3 is 1.90 bits per heavy atom. The third-order valence-corrected chi connectivity index (χ3v) is 6.21. The summed E-state index contributed by atoms with van der Waals surface area (Å²) in [5.74, 6) is 1.61. The van der Waals surface area contributed by atoms with E-state index in [1.165, 1.54) is 52.8 Å². The molecule has 2 aromatic carbocycles. The third-order valence-electron chi connectivity index (χ3n) is 4.52. The van der Waals surface area contributed by atoms with Gasteiger partial charge in [-0.15, -0.1) is 0 Å². The number of hydrogen-bond donors (Lipinski definition) is 0. The van der Waals surface area contributed by atoms with Crippen molar-refractivity contribution in [3.05, 3.63) is 54.2 Å². The number of rotatable bonds is 8. The molecule has 0 atom stereocenters. The van der Waals surface area contributed by atoms with Crippen molar-refractivity contribution in [2.45, 2.75) is 4.90 Å². The summed E-state index contributed by atoms with van der Waals surface area (Å²) in [4.78, 5) is 11.4. The number of carbonyl (C=O) groups is 1. The van der Waals surface area contributed by atoms with Crippen molar-refractivity contribution in [2.24, 2.45) is 0 Å². The highest BCUT2D eigenvalue weighted by Crippen LogP contribution is 2.42. The van der Waals surface area contributed by atoms with E-state index in [0.717, 1.165) is 3.97 Å². The number of benzene rings is 2. The molecule has 0 N–H and O–H groups in total. The van der Waals surface area contributed by atoms with Crippen LogP contribution in [0.25, 0.3) is 11.3 Å². The molecular formula is C21H21NO7S. The zero-order chi connectivity index (χ0) is 21.9. The summed E-state index contributed by atoms with van der Waals surface area (Å²) in [6.07, 6.45) is 1.85. The van der Waals surface area contributed by atoms with Crippen molar-refractivity contribution in [2.75, 3.05) is 28.4 Å². The second-order valence-corrected chi connectivity index (χ2v) is 7.98. The number of aromatic nitrogens is 1. The van der Waals surface area contributed by atoms with E-state index in [1.807, 2.05) is 0 Å². The molecule has 0 saturated carbocycles. The minimum Gasteiger partial charge on any atom is -0.497 e. The van der Waals surface area contributed by atoms with Crippen molar-refractivity contribution in [1.29, 1.82) is 0 Å². The fraction of sp³-hybridized carbons (Fsp3) is 0.190. The van der Waals surface area contributed by atoms with Gasteiger partial charge in [0.2, 0.25) is 5.75 Å². The molecule has 0 aliphatic rings. The molecule has 0 aliphatic carbocycles. The Kier molecular flexibility index (Phi) is 6.02. The Bertz CT molecular complexity index is 1140. The van der Waals surface area contributed by atoms with Crippen molar-refractivity contribution < 1.29 is 32.2 Å². The molecule has 1 aromatic heterocycles. The lowest BCUT2D eigenvalue weighted by Gasteiger charge is -2.16. The average molecular weight is 431 g/mol. The Balaban J connectivity index is 2.23. The van der Waals surface area contributed by atoms with E-state index in [1.54, 1.807) is 24.3 Å². The van der Waals surface area contributed by atoms with Gasteiger partial charge in [-0.2, -0.15) is 0 Å². The van der Waals surface area contributed by atoms with Crippen LogP contribution in [0.4, 0.5) is 0 Å². The molecule has 0 fully saturated rings.